The zero-order chi connectivity index (χ0) is 17.9. The molecule has 0 aliphatic heterocycles. The number of hydrogen-bond donors (Lipinski definition) is 0. The van der Waals surface area contributed by atoms with Crippen LogP contribution in [-0.4, -0.2) is 32.8 Å². The van der Waals surface area contributed by atoms with Gasteiger partial charge in [0.05, 0.1) is 6.61 Å². The Balaban J connectivity index is 1.70. The second-order valence-electron chi connectivity index (χ2n) is 5.63. The molecule has 0 saturated carbocycles. The third kappa shape index (κ3) is 2.95. The minimum absolute atomic E-state index is 0.183. The molecule has 0 saturated heterocycles. The number of aromatic nitrogens is 4. The molecule has 130 valence electrons. The smallest absolute Gasteiger partial charge is 0.342 e. The molecule has 26 heavy (non-hydrogen) atoms. The van der Waals surface area contributed by atoms with Crippen molar-refractivity contribution in [3.63, 3.8) is 0 Å². The van der Waals surface area contributed by atoms with Gasteiger partial charge in [-0.2, -0.15) is 4.80 Å². The summed E-state index contributed by atoms with van der Waals surface area (Å²) in [5.41, 5.74) is 1.89. The topological polar surface area (TPSA) is 83.0 Å². The number of nitrogens with zero attached hydrogens (tertiary/aromatic N) is 4. The van der Waals surface area contributed by atoms with Crippen LogP contribution in [0.4, 0.5) is 0 Å². The lowest BCUT2D eigenvalue weighted by atomic mass is 10.1. The maximum Gasteiger partial charge on any atom is 0.342 e. The Morgan fingerprint density at radius 1 is 1.12 bits per heavy atom. The summed E-state index contributed by atoms with van der Waals surface area (Å²) in [6.45, 7) is 2.24. The van der Waals surface area contributed by atoms with E-state index in [1.54, 1.807) is 6.92 Å². The largest absolute Gasteiger partial charge is 0.462 e. The lowest BCUT2D eigenvalue weighted by molar-refractivity contribution is 0.0525. The van der Waals surface area contributed by atoms with Gasteiger partial charge >= 0.3 is 5.97 Å². The van der Waals surface area contributed by atoms with Crippen molar-refractivity contribution < 1.29 is 13.9 Å². The van der Waals surface area contributed by atoms with Crippen LogP contribution in [0.5, 0.6) is 0 Å². The summed E-state index contributed by atoms with van der Waals surface area (Å²) in [4.78, 5) is 13.8. The molecule has 0 bridgehead atoms. The van der Waals surface area contributed by atoms with Gasteiger partial charge in [-0.1, -0.05) is 48.5 Å². The molecule has 4 rings (SSSR count). The van der Waals surface area contributed by atoms with E-state index in [1.165, 1.54) is 4.80 Å². The van der Waals surface area contributed by atoms with E-state index in [-0.39, 0.29) is 13.2 Å². The van der Waals surface area contributed by atoms with Crippen LogP contribution in [0, 0.1) is 0 Å². The molecule has 7 heteroatoms. The summed E-state index contributed by atoms with van der Waals surface area (Å²) in [6.07, 6.45) is 0. The van der Waals surface area contributed by atoms with E-state index in [1.807, 2.05) is 54.6 Å². The van der Waals surface area contributed by atoms with Crippen molar-refractivity contribution in [2.45, 2.75) is 13.5 Å². The lowest BCUT2D eigenvalue weighted by Gasteiger charge is -2.02. The van der Waals surface area contributed by atoms with Crippen LogP contribution in [-0.2, 0) is 11.3 Å². The molecule has 0 amide bonds. The predicted octanol–water partition coefficient (Wildman–Crippen LogP) is 3.31. The van der Waals surface area contributed by atoms with Crippen molar-refractivity contribution in [3.05, 3.63) is 65.9 Å². The number of rotatable bonds is 5. The van der Waals surface area contributed by atoms with Crippen molar-refractivity contribution in [2.75, 3.05) is 6.61 Å². The maximum atomic E-state index is 12.4. The number of carbonyl (C=O) groups is 1. The molecule has 4 aromatic rings. The minimum Gasteiger partial charge on any atom is -0.462 e. The number of fused-ring (bicyclic) bond motifs is 1. The number of para-hydroxylation sites is 1. The van der Waals surface area contributed by atoms with Crippen LogP contribution in [0.2, 0.25) is 0 Å². The fraction of sp³-hybridized carbons (Fsp3) is 0.158. The molecule has 0 aliphatic carbocycles. The number of benzene rings is 2. The third-order valence-electron chi connectivity index (χ3n) is 3.92. The van der Waals surface area contributed by atoms with Crippen LogP contribution in [0.25, 0.3) is 22.4 Å². The number of hydrogen-bond acceptors (Lipinski definition) is 6. The molecule has 0 N–H and O–H groups in total. The molecule has 0 atom stereocenters. The molecule has 2 aromatic heterocycles. The highest BCUT2D eigenvalue weighted by atomic mass is 16.5. The molecule has 2 aromatic carbocycles. The van der Waals surface area contributed by atoms with Crippen LogP contribution in [0.15, 0.2) is 59.0 Å². The van der Waals surface area contributed by atoms with Crippen molar-refractivity contribution in [1.82, 2.24) is 20.2 Å². The number of ether oxygens (including phenoxy) is 1. The summed E-state index contributed by atoms with van der Waals surface area (Å²) in [7, 11) is 0. The Hall–Kier alpha value is -3.48. The van der Waals surface area contributed by atoms with Gasteiger partial charge in [-0.05, 0) is 18.2 Å². The van der Waals surface area contributed by atoms with Crippen LogP contribution >= 0.6 is 0 Å². The minimum atomic E-state index is -0.421. The van der Waals surface area contributed by atoms with E-state index in [9.17, 15) is 4.79 Å². The molecular formula is C19H16N4O3. The van der Waals surface area contributed by atoms with E-state index >= 15 is 0 Å². The Bertz CT molecular complexity index is 1050. The summed E-state index contributed by atoms with van der Waals surface area (Å²) in [5, 5.41) is 13.2. The monoisotopic (exact) mass is 348 g/mol. The molecule has 0 fully saturated rings. The van der Waals surface area contributed by atoms with E-state index in [0.717, 1.165) is 5.56 Å². The average Bonchev–Trinajstić information content (AvgIpc) is 3.27. The maximum absolute atomic E-state index is 12.4. The SMILES string of the molecule is CCOC(=O)c1c(Cn2nnc(-c3ccccc3)n2)oc2ccccc12. The third-order valence-corrected chi connectivity index (χ3v) is 3.92. The first-order valence-corrected chi connectivity index (χ1v) is 8.27. The quantitative estimate of drug-likeness (QED) is 0.515. The van der Waals surface area contributed by atoms with E-state index in [4.69, 9.17) is 9.15 Å². The first-order valence-electron chi connectivity index (χ1n) is 8.27. The molecular weight excluding hydrogens is 332 g/mol. The van der Waals surface area contributed by atoms with E-state index in [2.05, 4.69) is 15.4 Å². The van der Waals surface area contributed by atoms with Crippen molar-refractivity contribution in [3.8, 4) is 11.4 Å². The van der Waals surface area contributed by atoms with Crippen LogP contribution < -0.4 is 0 Å². The predicted molar refractivity (Wildman–Crippen MR) is 94.5 cm³/mol. The number of furan rings is 1. The van der Waals surface area contributed by atoms with Crippen LogP contribution in [0.1, 0.15) is 23.0 Å². The number of esters is 1. The highest BCUT2D eigenvalue weighted by molar-refractivity contribution is 6.04. The van der Waals surface area contributed by atoms with Gasteiger partial charge in [0.2, 0.25) is 5.82 Å². The number of carbonyl (C=O) groups excluding carboxylic acids is 1. The van der Waals surface area contributed by atoms with Gasteiger partial charge < -0.3 is 9.15 Å². The molecule has 0 aliphatic rings. The van der Waals surface area contributed by atoms with Gasteiger partial charge in [0.15, 0.2) is 0 Å². The van der Waals surface area contributed by atoms with Gasteiger partial charge in [0.25, 0.3) is 0 Å². The van der Waals surface area contributed by atoms with Gasteiger partial charge in [-0.3, -0.25) is 0 Å². The fourth-order valence-electron chi connectivity index (χ4n) is 2.78. The second-order valence-corrected chi connectivity index (χ2v) is 5.63. The van der Waals surface area contributed by atoms with Crippen molar-refractivity contribution in [2.24, 2.45) is 0 Å². The molecule has 0 unspecified atom stereocenters. The van der Waals surface area contributed by atoms with Gasteiger partial charge in [0.1, 0.15) is 23.5 Å². The summed E-state index contributed by atoms with van der Waals surface area (Å²) in [6, 6.07) is 16.9. The lowest BCUT2D eigenvalue weighted by Crippen LogP contribution is -2.10. The normalized spacial score (nSPS) is 11.0. The first kappa shape index (κ1) is 16.0. The van der Waals surface area contributed by atoms with Gasteiger partial charge in [-0.25, -0.2) is 4.79 Å². The summed E-state index contributed by atoms with van der Waals surface area (Å²) in [5.74, 6) is 0.539. The summed E-state index contributed by atoms with van der Waals surface area (Å²) >= 11 is 0. The Morgan fingerprint density at radius 3 is 2.69 bits per heavy atom. The zero-order valence-electron chi connectivity index (χ0n) is 14.1. The molecule has 0 radical (unpaired) electrons. The number of tetrazole rings is 1. The molecule has 7 nitrogen and oxygen atoms in total. The van der Waals surface area contributed by atoms with Crippen LogP contribution in [0.3, 0.4) is 0 Å². The summed E-state index contributed by atoms with van der Waals surface area (Å²) < 4.78 is 11.0. The Kier molecular flexibility index (Phi) is 4.18. The highest BCUT2D eigenvalue weighted by Gasteiger charge is 2.22. The van der Waals surface area contributed by atoms with E-state index < -0.39 is 5.97 Å². The Labute approximate surface area is 149 Å². The average molecular weight is 348 g/mol. The zero-order valence-corrected chi connectivity index (χ0v) is 14.1. The van der Waals surface area contributed by atoms with Gasteiger partial charge in [-0.15, -0.1) is 10.2 Å². The standard InChI is InChI=1S/C19H16N4O3/c1-2-25-19(24)17-14-10-6-7-11-15(14)26-16(17)12-23-21-18(20-22-23)13-8-4-3-5-9-13/h3-11H,2,12H2,1H3. The molecule has 2 heterocycles. The van der Waals surface area contributed by atoms with Crippen molar-refractivity contribution in [1.29, 1.82) is 0 Å². The first-order chi connectivity index (χ1) is 12.8. The fourth-order valence-corrected chi connectivity index (χ4v) is 2.78. The molecule has 0 spiro atoms. The van der Waals surface area contributed by atoms with E-state index in [0.29, 0.717) is 28.1 Å². The van der Waals surface area contributed by atoms with Crippen molar-refractivity contribution >= 4 is 16.9 Å². The Morgan fingerprint density at radius 2 is 1.88 bits per heavy atom. The van der Waals surface area contributed by atoms with Gasteiger partial charge in [0, 0.05) is 10.9 Å². The second kappa shape index (κ2) is 6.79. The highest BCUT2D eigenvalue weighted by Crippen LogP contribution is 2.27.